The van der Waals surface area contributed by atoms with Crippen molar-refractivity contribution in [3.63, 3.8) is 0 Å². The summed E-state index contributed by atoms with van der Waals surface area (Å²) in [4.78, 5) is 25.2. The highest BCUT2D eigenvalue weighted by Gasteiger charge is 2.25. The van der Waals surface area contributed by atoms with Gasteiger partial charge in [-0.2, -0.15) is 9.61 Å². The summed E-state index contributed by atoms with van der Waals surface area (Å²) < 4.78 is 46.2. The van der Waals surface area contributed by atoms with Gasteiger partial charge >= 0.3 is 6.09 Å². The van der Waals surface area contributed by atoms with Crippen molar-refractivity contribution < 1.29 is 47.8 Å². The minimum absolute atomic E-state index is 0.172. The van der Waals surface area contributed by atoms with Gasteiger partial charge in [-0.25, -0.2) is 14.8 Å². The lowest BCUT2D eigenvalue weighted by atomic mass is 9.99. The number of amides is 1. The lowest BCUT2D eigenvalue weighted by Crippen LogP contribution is -2.40. The van der Waals surface area contributed by atoms with E-state index in [1.807, 2.05) is 43.6 Å². The smallest absolute Gasteiger partial charge is 0.410 e. The van der Waals surface area contributed by atoms with Crippen molar-refractivity contribution >= 4 is 23.4 Å². The van der Waals surface area contributed by atoms with Gasteiger partial charge in [-0.1, -0.05) is 13.0 Å². The first kappa shape index (κ1) is 46.8. The van der Waals surface area contributed by atoms with E-state index in [2.05, 4.69) is 33.3 Å². The number of aliphatic hydroxyl groups is 1. The van der Waals surface area contributed by atoms with Gasteiger partial charge in [0.1, 0.15) is 23.8 Å². The largest absolute Gasteiger partial charge is 0.475 e. The highest BCUT2D eigenvalue weighted by molar-refractivity contribution is 5.67. The lowest BCUT2D eigenvalue weighted by molar-refractivity contribution is -0.0188. The predicted octanol–water partition coefficient (Wildman–Crippen LogP) is 4.39. The van der Waals surface area contributed by atoms with Crippen molar-refractivity contribution in [3.8, 4) is 5.88 Å². The molecule has 1 amide bonds. The maximum atomic E-state index is 11.9. The minimum atomic E-state index is -0.516. The number of nitrogens with zero attached hydrogens (tertiary/aromatic N) is 6. The number of anilines is 2. The fourth-order valence-corrected chi connectivity index (χ4v) is 6.10. The molecular weight excluding hydrogens is 750 g/mol. The van der Waals surface area contributed by atoms with E-state index in [0.29, 0.717) is 105 Å². The summed E-state index contributed by atoms with van der Waals surface area (Å²) in [6.45, 7) is 15.6. The second-order valence-corrected chi connectivity index (χ2v) is 14.9. The number of likely N-dealkylation sites (N-methyl/N-ethyl adjacent to an activating group) is 1. The predicted molar refractivity (Wildman–Crippen MR) is 220 cm³/mol. The number of carbonyl (C=O) groups excluding carboxylic acids is 1. The zero-order chi connectivity index (χ0) is 41.4. The first-order chi connectivity index (χ1) is 28.2. The van der Waals surface area contributed by atoms with E-state index < -0.39 is 5.60 Å². The number of ether oxygens (including phenoxy) is 8. The molecule has 1 atom stereocenters. The van der Waals surface area contributed by atoms with Crippen LogP contribution in [0.2, 0.25) is 0 Å². The van der Waals surface area contributed by atoms with Gasteiger partial charge in [0.05, 0.1) is 85.5 Å². The van der Waals surface area contributed by atoms with Gasteiger partial charge in [-0.3, -0.25) is 0 Å². The number of fused-ring (bicyclic) bond motifs is 1. The fourth-order valence-electron chi connectivity index (χ4n) is 6.10. The van der Waals surface area contributed by atoms with Crippen LogP contribution in [0.25, 0.3) is 5.65 Å². The van der Waals surface area contributed by atoms with Gasteiger partial charge in [-0.15, -0.1) is 0 Å². The van der Waals surface area contributed by atoms with Crippen molar-refractivity contribution in [3.05, 3.63) is 41.7 Å². The Morgan fingerprint density at radius 3 is 2.07 bits per heavy atom. The maximum absolute atomic E-state index is 11.9. The van der Waals surface area contributed by atoms with E-state index in [9.17, 15) is 9.90 Å². The van der Waals surface area contributed by atoms with E-state index in [-0.39, 0.29) is 18.7 Å². The van der Waals surface area contributed by atoms with Crippen LogP contribution >= 0.6 is 0 Å². The summed E-state index contributed by atoms with van der Waals surface area (Å²) in [5.41, 5.74) is 2.45. The Labute approximate surface area is 343 Å². The number of pyridine rings is 1. The van der Waals surface area contributed by atoms with Crippen LogP contribution in [0.4, 0.5) is 16.4 Å². The lowest BCUT2D eigenvalue weighted by Gasteiger charge is -2.36. The number of rotatable bonds is 29. The van der Waals surface area contributed by atoms with Crippen LogP contribution in [-0.4, -0.2) is 160 Å². The molecule has 17 heteroatoms. The first-order valence-electron chi connectivity index (χ1n) is 20.7. The van der Waals surface area contributed by atoms with E-state index in [1.54, 1.807) is 13.2 Å². The van der Waals surface area contributed by atoms with Gasteiger partial charge in [0.15, 0.2) is 5.65 Å². The molecule has 3 aromatic rings. The summed E-state index contributed by atoms with van der Waals surface area (Å²) in [6, 6.07) is 6.20. The minimum Gasteiger partial charge on any atom is -0.475 e. The molecule has 58 heavy (non-hydrogen) atoms. The van der Waals surface area contributed by atoms with Crippen LogP contribution in [0.3, 0.4) is 0 Å². The Morgan fingerprint density at radius 1 is 0.879 bits per heavy atom. The zero-order valence-corrected chi connectivity index (χ0v) is 35.3. The summed E-state index contributed by atoms with van der Waals surface area (Å²) in [5.74, 6) is 2.32. The summed E-state index contributed by atoms with van der Waals surface area (Å²) in [6.07, 6.45) is 8.26. The Balaban J connectivity index is 0.968. The molecule has 0 aromatic carbocycles. The van der Waals surface area contributed by atoms with Crippen LogP contribution in [-0.2, 0) is 46.1 Å². The molecule has 1 aliphatic rings. The highest BCUT2D eigenvalue weighted by atomic mass is 16.6. The number of aromatic nitrogens is 4. The molecule has 2 N–H and O–H groups in total. The molecule has 326 valence electrons. The fraction of sp³-hybridized carbons (Fsp3) is 0.707. The number of aliphatic hydroxyl groups excluding tert-OH is 1. The van der Waals surface area contributed by atoms with Gasteiger partial charge in [-0.05, 0) is 58.4 Å². The normalized spacial score (nSPS) is 14.6. The first-order valence-corrected chi connectivity index (χ1v) is 20.7. The van der Waals surface area contributed by atoms with Crippen LogP contribution in [0, 0.1) is 0 Å². The standard InChI is InChI=1S/C41H67N7O10/c1-6-34-32-44-48-36(29-37(45-39(34)48)47-13-8-7-9-35(47)12-15-49)42-30-33-10-11-38(43-31-33)57-28-27-56-26-25-55-24-23-54-22-21-53-20-19-52-18-17-51-16-14-46(5)40(50)58-41(2,3)4/h10-11,29,31-32,35,42,49H,6-9,12-28,30H2,1-5H3/t35-/m0/s1. The van der Waals surface area contributed by atoms with Crippen LogP contribution in [0.5, 0.6) is 5.88 Å². The Bertz CT molecular complexity index is 1570. The van der Waals surface area contributed by atoms with Gasteiger partial charge in [0.25, 0.3) is 0 Å². The van der Waals surface area contributed by atoms with E-state index in [1.165, 1.54) is 11.3 Å². The molecule has 0 radical (unpaired) electrons. The van der Waals surface area contributed by atoms with Crippen molar-refractivity contribution in [2.24, 2.45) is 0 Å². The van der Waals surface area contributed by atoms with Crippen LogP contribution in [0.15, 0.2) is 30.6 Å². The molecule has 4 rings (SSSR count). The molecule has 17 nitrogen and oxygen atoms in total. The molecule has 3 aromatic heterocycles. The van der Waals surface area contributed by atoms with Gasteiger partial charge < -0.3 is 58.1 Å². The molecule has 0 aliphatic carbocycles. The summed E-state index contributed by atoms with van der Waals surface area (Å²) >= 11 is 0. The molecular formula is C41H67N7O10. The molecule has 1 fully saturated rings. The number of hydrogen-bond donors (Lipinski definition) is 2. The molecule has 1 saturated heterocycles. The monoisotopic (exact) mass is 817 g/mol. The summed E-state index contributed by atoms with van der Waals surface area (Å²) in [5, 5.41) is 17.8. The number of aryl methyl sites for hydroxylation is 1. The van der Waals surface area contributed by atoms with E-state index in [0.717, 1.165) is 60.6 Å². The number of hydrogen-bond acceptors (Lipinski definition) is 15. The second-order valence-electron chi connectivity index (χ2n) is 14.9. The molecule has 4 heterocycles. The van der Waals surface area contributed by atoms with Crippen LogP contribution < -0.4 is 15.0 Å². The van der Waals surface area contributed by atoms with Crippen molar-refractivity contribution in [2.45, 2.75) is 78.0 Å². The quantitative estimate of drug-likeness (QED) is 0.0945. The van der Waals surface area contributed by atoms with Crippen molar-refractivity contribution in [1.29, 1.82) is 0 Å². The number of carbonyl (C=O) groups is 1. The SMILES string of the molecule is CCc1cnn2c(NCc3ccc(OCCOCCOCCOCCOCCOCCOCCN(C)C(=O)OC(C)(C)C)nc3)cc(N3CCCC[C@H]3CCO)nc12. The number of nitrogens with one attached hydrogen (secondary N) is 1. The highest BCUT2D eigenvalue weighted by Crippen LogP contribution is 2.29. The third-order valence-corrected chi connectivity index (χ3v) is 9.18. The Morgan fingerprint density at radius 2 is 1.50 bits per heavy atom. The van der Waals surface area contributed by atoms with Gasteiger partial charge in [0, 0.05) is 63.2 Å². The maximum Gasteiger partial charge on any atom is 0.410 e. The Kier molecular flexibility index (Phi) is 21.2. The zero-order valence-electron chi connectivity index (χ0n) is 35.3. The topological polar surface area (TPSA) is 173 Å². The average molecular weight is 818 g/mol. The molecule has 1 aliphatic heterocycles. The molecule has 0 spiro atoms. The average Bonchev–Trinajstić information content (AvgIpc) is 3.64. The molecule has 0 bridgehead atoms. The summed E-state index contributed by atoms with van der Waals surface area (Å²) in [7, 11) is 1.68. The Hall–Kier alpha value is -3.84. The van der Waals surface area contributed by atoms with E-state index in [4.69, 9.17) is 42.9 Å². The van der Waals surface area contributed by atoms with E-state index >= 15 is 0 Å². The van der Waals surface area contributed by atoms with Crippen molar-refractivity contribution in [1.82, 2.24) is 24.5 Å². The van der Waals surface area contributed by atoms with Crippen molar-refractivity contribution in [2.75, 3.05) is 123 Å². The van der Waals surface area contributed by atoms with Crippen LogP contribution in [0.1, 0.15) is 64.5 Å². The second kappa shape index (κ2) is 26.3. The molecule has 0 unspecified atom stereocenters. The van der Waals surface area contributed by atoms with Gasteiger partial charge in [0.2, 0.25) is 5.88 Å². The number of piperidine rings is 1. The third-order valence-electron chi connectivity index (χ3n) is 9.18. The molecule has 0 saturated carbocycles. The third kappa shape index (κ3) is 17.2.